The van der Waals surface area contributed by atoms with E-state index < -0.39 is 0 Å². The van der Waals surface area contributed by atoms with E-state index in [1.807, 2.05) is 11.8 Å². The molecule has 0 unspecified atom stereocenters. The molecule has 3 nitrogen and oxygen atoms in total. The van der Waals surface area contributed by atoms with E-state index in [1.54, 1.807) is 0 Å². The maximum absolute atomic E-state index is 4.48. The van der Waals surface area contributed by atoms with E-state index in [4.69, 9.17) is 0 Å². The van der Waals surface area contributed by atoms with Crippen LogP contribution in [0.1, 0.15) is 20.3 Å². The van der Waals surface area contributed by atoms with Crippen LogP contribution in [0.5, 0.6) is 0 Å². The Labute approximate surface area is 116 Å². The number of nitrogens with zero attached hydrogens (tertiary/aromatic N) is 2. The summed E-state index contributed by atoms with van der Waals surface area (Å²) in [5.74, 6) is 1.91. The third-order valence-corrected chi connectivity index (χ3v) is 3.94. The van der Waals surface area contributed by atoms with E-state index in [0.717, 1.165) is 35.2 Å². The molecule has 1 heterocycles. The number of benzene rings is 1. The lowest BCUT2D eigenvalue weighted by atomic mass is 10.2. The number of thioether (sulfide) groups is 1. The van der Waals surface area contributed by atoms with Crippen LogP contribution >= 0.6 is 23.3 Å². The lowest BCUT2D eigenvalue weighted by Gasteiger charge is -1.99. The molecule has 0 fully saturated rings. The maximum atomic E-state index is 4.48. The molecule has 2 rings (SSSR count). The predicted molar refractivity (Wildman–Crippen MR) is 80.5 cm³/mol. The molecule has 0 spiro atoms. The molecule has 0 saturated carbocycles. The summed E-state index contributed by atoms with van der Waals surface area (Å²) in [5.41, 5.74) is 1.08. The number of hydrogen-bond donors (Lipinski definition) is 1. The number of rotatable bonds is 6. The smallest absolute Gasteiger partial charge is 0.202 e. The summed E-state index contributed by atoms with van der Waals surface area (Å²) >= 11 is 3.27. The highest BCUT2D eigenvalue weighted by Gasteiger charge is 2.05. The molecular formula is C13H17N3S2. The zero-order chi connectivity index (χ0) is 12.8. The third-order valence-electron chi connectivity index (χ3n) is 2.38. The van der Waals surface area contributed by atoms with Gasteiger partial charge in [-0.1, -0.05) is 26.0 Å². The van der Waals surface area contributed by atoms with Gasteiger partial charge in [-0.3, -0.25) is 0 Å². The SMILES string of the molecule is CCCNc1nc(-c2ccc(SCC)cc2)ns1. The molecule has 0 amide bonds. The van der Waals surface area contributed by atoms with Gasteiger partial charge in [0.05, 0.1) is 0 Å². The average molecular weight is 279 g/mol. The number of hydrogen-bond acceptors (Lipinski definition) is 5. The summed E-state index contributed by atoms with van der Waals surface area (Å²) in [7, 11) is 0. The van der Waals surface area contributed by atoms with Gasteiger partial charge in [-0.05, 0) is 24.3 Å². The van der Waals surface area contributed by atoms with Crippen LogP contribution in [-0.4, -0.2) is 21.7 Å². The first-order valence-electron chi connectivity index (χ1n) is 6.14. The molecule has 5 heteroatoms. The molecule has 0 bridgehead atoms. The van der Waals surface area contributed by atoms with Gasteiger partial charge >= 0.3 is 0 Å². The van der Waals surface area contributed by atoms with Crippen molar-refractivity contribution in [3.8, 4) is 11.4 Å². The van der Waals surface area contributed by atoms with E-state index in [2.05, 4.69) is 52.8 Å². The van der Waals surface area contributed by atoms with Crippen molar-refractivity contribution in [1.82, 2.24) is 9.36 Å². The first kappa shape index (κ1) is 13.4. The molecule has 0 aliphatic rings. The highest BCUT2D eigenvalue weighted by atomic mass is 32.2. The van der Waals surface area contributed by atoms with Crippen LogP contribution < -0.4 is 5.32 Å². The van der Waals surface area contributed by atoms with Crippen LogP contribution in [0.25, 0.3) is 11.4 Å². The van der Waals surface area contributed by atoms with Crippen molar-refractivity contribution in [3.63, 3.8) is 0 Å². The Kier molecular flexibility index (Phi) is 5.01. The first-order valence-corrected chi connectivity index (χ1v) is 7.90. The molecule has 18 heavy (non-hydrogen) atoms. The molecular weight excluding hydrogens is 262 g/mol. The minimum absolute atomic E-state index is 0.812. The van der Waals surface area contributed by atoms with Gasteiger partial charge in [0, 0.05) is 28.5 Å². The van der Waals surface area contributed by atoms with E-state index in [9.17, 15) is 0 Å². The minimum Gasteiger partial charge on any atom is -0.360 e. The summed E-state index contributed by atoms with van der Waals surface area (Å²) in [6, 6.07) is 8.43. The van der Waals surface area contributed by atoms with Crippen molar-refractivity contribution in [2.24, 2.45) is 0 Å². The molecule has 0 aliphatic heterocycles. The lowest BCUT2D eigenvalue weighted by Crippen LogP contribution is -1.98. The average Bonchev–Trinajstić information content (AvgIpc) is 2.86. The molecule has 2 aromatic rings. The van der Waals surface area contributed by atoms with Crippen molar-refractivity contribution in [2.75, 3.05) is 17.6 Å². The minimum atomic E-state index is 0.812. The summed E-state index contributed by atoms with van der Waals surface area (Å²) < 4.78 is 4.38. The van der Waals surface area contributed by atoms with Crippen LogP contribution in [0, 0.1) is 0 Å². The lowest BCUT2D eigenvalue weighted by molar-refractivity contribution is 0.976. The van der Waals surface area contributed by atoms with Crippen molar-refractivity contribution in [2.45, 2.75) is 25.2 Å². The van der Waals surface area contributed by atoms with Crippen molar-refractivity contribution in [1.29, 1.82) is 0 Å². The Balaban J connectivity index is 2.08. The highest BCUT2D eigenvalue weighted by Crippen LogP contribution is 2.24. The van der Waals surface area contributed by atoms with Gasteiger partial charge in [-0.15, -0.1) is 11.8 Å². The summed E-state index contributed by atoms with van der Waals surface area (Å²) in [6.07, 6.45) is 1.10. The molecule has 1 N–H and O–H groups in total. The van der Waals surface area contributed by atoms with Gasteiger partial charge in [-0.25, -0.2) is 0 Å². The van der Waals surface area contributed by atoms with Crippen molar-refractivity contribution in [3.05, 3.63) is 24.3 Å². The van der Waals surface area contributed by atoms with Crippen molar-refractivity contribution >= 4 is 28.4 Å². The Bertz CT molecular complexity index is 479. The first-order chi connectivity index (χ1) is 8.83. The van der Waals surface area contributed by atoms with Crippen molar-refractivity contribution < 1.29 is 0 Å². The quantitative estimate of drug-likeness (QED) is 0.806. The summed E-state index contributed by atoms with van der Waals surface area (Å²) in [6.45, 7) is 5.24. The Morgan fingerprint density at radius 3 is 2.67 bits per heavy atom. The van der Waals surface area contributed by atoms with Gasteiger partial charge in [0.15, 0.2) is 5.82 Å². The Morgan fingerprint density at radius 2 is 2.00 bits per heavy atom. The van der Waals surface area contributed by atoms with Crippen LogP contribution in [0.2, 0.25) is 0 Å². The normalized spacial score (nSPS) is 10.6. The van der Waals surface area contributed by atoms with Gasteiger partial charge in [-0.2, -0.15) is 9.36 Å². The highest BCUT2D eigenvalue weighted by molar-refractivity contribution is 7.99. The number of anilines is 1. The van der Waals surface area contributed by atoms with E-state index in [-0.39, 0.29) is 0 Å². The van der Waals surface area contributed by atoms with Gasteiger partial charge in [0.2, 0.25) is 5.13 Å². The van der Waals surface area contributed by atoms with Gasteiger partial charge < -0.3 is 5.32 Å². The molecule has 96 valence electrons. The Morgan fingerprint density at radius 1 is 1.22 bits per heavy atom. The fourth-order valence-electron chi connectivity index (χ4n) is 1.51. The van der Waals surface area contributed by atoms with Crippen LogP contribution in [0.3, 0.4) is 0 Å². The van der Waals surface area contributed by atoms with Gasteiger partial charge in [0.1, 0.15) is 0 Å². The zero-order valence-electron chi connectivity index (χ0n) is 10.6. The zero-order valence-corrected chi connectivity index (χ0v) is 12.3. The van der Waals surface area contributed by atoms with E-state index in [1.165, 1.54) is 16.4 Å². The monoisotopic (exact) mass is 279 g/mol. The van der Waals surface area contributed by atoms with E-state index in [0.29, 0.717) is 0 Å². The second-order valence-electron chi connectivity index (χ2n) is 3.81. The van der Waals surface area contributed by atoms with E-state index >= 15 is 0 Å². The molecule has 1 aromatic heterocycles. The third kappa shape index (κ3) is 3.46. The molecule has 0 radical (unpaired) electrons. The topological polar surface area (TPSA) is 37.8 Å². The number of aromatic nitrogens is 2. The number of nitrogens with one attached hydrogen (secondary N) is 1. The molecule has 0 saturated heterocycles. The second-order valence-corrected chi connectivity index (χ2v) is 5.90. The van der Waals surface area contributed by atoms with Crippen LogP contribution in [0.15, 0.2) is 29.2 Å². The van der Waals surface area contributed by atoms with Crippen LogP contribution in [-0.2, 0) is 0 Å². The Hall–Kier alpha value is -1.07. The molecule has 0 aliphatic carbocycles. The fraction of sp³-hybridized carbons (Fsp3) is 0.385. The molecule has 0 atom stereocenters. The second kappa shape index (κ2) is 6.75. The largest absolute Gasteiger partial charge is 0.360 e. The standard InChI is InChI=1S/C13H17N3S2/c1-3-9-14-13-15-12(16-18-13)10-5-7-11(8-6-10)17-4-2/h5-8H,3-4,9H2,1-2H3,(H,14,15,16). The molecule has 1 aromatic carbocycles. The van der Waals surface area contributed by atoms with Gasteiger partial charge in [0.25, 0.3) is 0 Å². The fourth-order valence-corrected chi connectivity index (χ4v) is 2.79. The summed E-state index contributed by atoms with van der Waals surface area (Å²) in [4.78, 5) is 5.78. The van der Waals surface area contributed by atoms with Crippen LogP contribution in [0.4, 0.5) is 5.13 Å². The summed E-state index contributed by atoms with van der Waals surface area (Å²) in [5, 5.41) is 4.16. The maximum Gasteiger partial charge on any atom is 0.202 e. The predicted octanol–water partition coefficient (Wildman–Crippen LogP) is 4.14.